The molecule has 3 aromatic rings. The molecule has 1 aliphatic heterocycles. The Labute approximate surface area is 199 Å². The van der Waals surface area contributed by atoms with E-state index in [0.29, 0.717) is 15.8 Å². The van der Waals surface area contributed by atoms with Gasteiger partial charge in [-0.2, -0.15) is 0 Å². The van der Waals surface area contributed by atoms with Gasteiger partial charge in [-0.15, -0.1) is 0 Å². The maximum atomic E-state index is 12.9. The molecule has 0 saturated carbocycles. The Morgan fingerprint density at radius 1 is 1.07 bits per heavy atom. The fourth-order valence-corrected chi connectivity index (χ4v) is 5.10. The standard InChI is InChI=1S/C24H18INO2S2/c1-16-6-5-7-18(12-16)15-28-21-11-10-17(13-20(21)25)14-22-23(27)26(24(29)30-22)19-8-3-2-4-9-19/h2-14H,15H2,1H3/b22-14+. The van der Waals surface area contributed by atoms with Gasteiger partial charge in [0.15, 0.2) is 4.32 Å². The first-order valence-electron chi connectivity index (χ1n) is 9.32. The summed E-state index contributed by atoms with van der Waals surface area (Å²) in [5.74, 6) is 0.733. The van der Waals surface area contributed by atoms with Crippen LogP contribution < -0.4 is 9.64 Å². The van der Waals surface area contributed by atoms with Crippen LogP contribution in [0.4, 0.5) is 5.69 Å². The molecule has 1 fully saturated rings. The number of thiocarbonyl (C=S) groups is 1. The quantitative estimate of drug-likeness (QED) is 0.207. The number of amides is 1. The summed E-state index contributed by atoms with van der Waals surface area (Å²) in [5, 5.41) is 0. The van der Waals surface area contributed by atoms with E-state index in [9.17, 15) is 4.79 Å². The summed E-state index contributed by atoms with van der Waals surface area (Å²) < 4.78 is 7.53. The molecule has 1 saturated heterocycles. The van der Waals surface area contributed by atoms with Crippen LogP contribution in [0.5, 0.6) is 5.75 Å². The van der Waals surface area contributed by atoms with Crippen LogP contribution >= 0.6 is 46.6 Å². The zero-order valence-electron chi connectivity index (χ0n) is 16.2. The molecule has 0 atom stereocenters. The third-order valence-corrected chi connectivity index (χ3v) is 6.68. The molecule has 150 valence electrons. The van der Waals surface area contributed by atoms with E-state index in [1.807, 2.05) is 60.7 Å². The lowest BCUT2D eigenvalue weighted by molar-refractivity contribution is -0.113. The van der Waals surface area contributed by atoms with Gasteiger partial charge in [0.05, 0.1) is 14.2 Å². The number of thioether (sulfide) groups is 1. The lowest BCUT2D eigenvalue weighted by Gasteiger charge is -2.13. The van der Waals surface area contributed by atoms with Crippen molar-refractivity contribution in [3.8, 4) is 5.75 Å². The van der Waals surface area contributed by atoms with Crippen LogP contribution in [-0.2, 0) is 11.4 Å². The summed E-state index contributed by atoms with van der Waals surface area (Å²) in [4.78, 5) is 15.1. The van der Waals surface area contributed by atoms with Gasteiger partial charge in [-0.3, -0.25) is 9.69 Å². The first-order chi connectivity index (χ1) is 14.5. The number of nitrogens with zero attached hydrogens (tertiary/aromatic N) is 1. The van der Waals surface area contributed by atoms with Crippen LogP contribution in [0.1, 0.15) is 16.7 Å². The van der Waals surface area contributed by atoms with Crippen LogP contribution in [0.15, 0.2) is 77.7 Å². The summed E-state index contributed by atoms with van der Waals surface area (Å²) in [6.45, 7) is 2.59. The normalized spacial score (nSPS) is 15.1. The van der Waals surface area contributed by atoms with Gasteiger partial charge in [0.25, 0.3) is 5.91 Å². The molecule has 4 rings (SSSR count). The van der Waals surface area contributed by atoms with Crippen molar-refractivity contribution in [3.05, 3.63) is 98.0 Å². The Morgan fingerprint density at radius 3 is 2.60 bits per heavy atom. The van der Waals surface area contributed by atoms with Crippen molar-refractivity contribution >= 4 is 68.6 Å². The average Bonchev–Trinajstić information content (AvgIpc) is 3.01. The highest BCUT2D eigenvalue weighted by Crippen LogP contribution is 2.36. The van der Waals surface area contributed by atoms with Crippen molar-refractivity contribution in [2.45, 2.75) is 13.5 Å². The van der Waals surface area contributed by atoms with Gasteiger partial charge in [-0.25, -0.2) is 0 Å². The Morgan fingerprint density at radius 2 is 1.87 bits per heavy atom. The summed E-state index contributed by atoms with van der Waals surface area (Å²) in [7, 11) is 0. The second-order valence-electron chi connectivity index (χ2n) is 6.82. The number of rotatable bonds is 5. The topological polar surface area (TPSA) is 29.5 Å². The molecule has 30 heavy (non-hydrogen) atoms. The zero-order chi connectivity index (χ0) is 21.1. The summed E-state index contributed by atoms with van der Waals surface area (Å²) in [6, 6.07) is 23.7. The van der Waals surface area contributed by atoms with Gasteiger partial charge >= 0.3 is 0 Å². The molecule has 0 bridgehead atoms. The van der Waals surface area contributed by atoms with E-state index in [0.717, 1.165) is 26.1 Å². The molecule has 1 heterocycles. The van der Waals surface area contributed by atoms with Gasteiger partial charge < -0.3 is 4.74 Å². The maximum Gasteiger partial charge on any atom is 0.270 e. The Kier molecular flexibility index (Phi) is 6.55. The monoisotopic (exact) mass is 543 g/mol. The highest BCUT2D eigenvalue weighted by atomic mass is 127. The largest absolute Gasteiger partial charge is 0.488 e. The first kappa shape index (κ1) is 21.1. The lowest BCUT2D eigenvalue weighted by Crippen LogP contribution is -2.27. The molecule has 0 radical (unpaired) electrons. The molecule has 3 nitrogen and oxygen atoms in total. The van der Waals surface area contributed by atoms with E-state index < -0.39 is 0 Å². The van der Waals surface area contributed by atoms with Gasteiger partial charge in [0.1, 0.15) is 12.4 Å². The number of aryl methyl sites for hydroxylation is 1. The second kappa shape index (κ2) is 9.32. The zero-order valence-corrected chi connectivity index (χ0v) is 20.0. The highest BCUT2D eigenvalue weighted by molar-refractivity contribution is 14.1. The van der Waals surface area contributed by atoms with Gasteiger partial charge in [-0.1, -0.05) is 78.1 Å². The number of ether oxygens (including phenoxy) is 1. The van der Waals surface area contributed by atoms with Gasteiger partial charge in [0, 0.05) is 0 Å². The third kappa shape index (κ3) is 4.77. The highest BCUT2D eigenvalue weighted by Gasteiger charge is 2.33. The number of hydrogen-bond donors (Lipinski definition) is 0. The molecule has 3 aromatic carbocycles. The van der Waals surface area contributed by atoms with Gasteiger partial charge in [-0.05, 0) is 71.0 Å². The number of halogens is 1. The molecule has 1 amide bonds. The molecule has 1 aliphatic rings. The van der Waals surface area contributed by atoms with Crippen molar-refractivity contribution in [1.29, 1.82) is 0 Å². The molecule has 0 unspecified atom stereocenters. The summed E-state index contributed by atoms with van der Waals surface area (Å²) in [5.41, 5.74) is 4.09. The van der Waals surface area contributed by atoms with Crippen molar-refractivity contribution in [1.82, 2.24) is 0 Å². The van der Waals surface area contributed by atoms with E-state index in [-0.39, 0.29) is 5.91 Å². The number of hydrogen-bond acceptors (Lipinski definition) is 4. The van der Waals surface area contributed by atoms with Crippen molar-refractivity contribution in [3.63, 3.8) is 0 Å². The minimum absolute atomic E-state index is 0.0917. The number of benzene rings is 3. The smallest absolute Gasteiger partial charge is 0.270 e. The summed E-state index contributed by atoms with van der Waals surface area (Å²) >= 11 is 9.02. The molecule has 0 aliphatic carbocycles. The number of anilines is 1. The van der Waals surface area contributed by atoms with Gasteiger partial charge in [0.2, 0.25) is 0 Å². The van der Waals surface area contributed by atoms with E-state index >= 15 is 0 Å². The Bertz CT molecular complexity index is 1140. The minimum Gasteiger partial charge on any atom is -0.488 e. The Hall–Kier alpha value is -2.16. The molecular formula is C24H18INO2S2. The second-order valence-corrected chi connectivity index (χ2v) is 9.66. The first-order valence-corrected chi connectivity index (χ1v) is 11.6. The van der Waals surface area contributed by atoms with Crippen molar-refractivity contribution < 1.29 is 9.53 Å². The van der Waals surface area contributed by atoms with Crippen LogP contribution in [0.2, 0.25) is 0 Å². The average molecular weight is 543 g/mol. The van der Waals surface area contributed by atoms with E-state index in [1.165, 1.54) is 17.3 Å². The minimum atomic E-state index is -0.0917. The van der Waals surface area contributed by atoms with Crippen molar-refractivity contribution in [2.24, 2.45) is 0 Å². The van der Waals surface area contributed by atoms with E-state index in [2.05, 4.69) is 47.7 Å². The van der Waals surface area contributed by atoms with Crippen LogP contribution in [-0.4, -0.2) is 10.2 Å². The molecule has 6 heteroatoms. The van der Waals surface area contributed by atoms with Crippen molar-refractivity contribution in [2.75, 3.05) is 4.90 Å². The number of carbonyl (C=O) groups excluding carboxylic acids is 1. The number of carbonyl (C=O) groups is 1. The molecular weight excluding hydrogens is 525 g/mol. The van der Waals surface area contributed by atoms with Crippen LogP contribution in [0, 0.1) is 10.5 Å². The fourth-order valence-electron chi connectivity index (χ4n) is 3.11. The van der Waals surface area contributed by atoms with Crippen LogP contribution in [0.25, 0.3) is 6.08 Å². The van der Waals surface area contributed by atoms with E-state index in [1.54, 1.807) is 4.90 Å². The van der Waals surface area contributed by atoms with E-state index in [4.69, 9.17) is 17.0 Å². The molecule has 0 spiro atoms. The predicted molar refractivity (Wildman–Crippen MR) is 137 cm³/mol. The Balaban J connectivity index is 1.50. The molecule has 0 N–H and O–H groups in total. The summed E-state index contributed by atoms with van der Waals surface area (Å²) in [6.07, 6.45) is 1.88. The predicted octanol–water partition coefficient (Wildman–Crippen LogP) is 6.58. The van der Waals surface area contributed by atoms with Crippen LogP contribution in [0.3, 0.4) is 0 Å². The SMILES string of the molecule is Cc1cccc(COc2ccc(/C=C3/SC(=S)N(c4ccccc4)C3=O)cc2I)c1. The fraction of sp³-hybridized carbons (Fsp3) is 0.0833. The third-order valence-electron chi connectivity index (χ3n) is 4.54. The molecule has 0 aromatic heterocycles. The maximum absolute atomic E-state index is 12.9. The number of para-hydroxylation sites is 1. The lowest BCUT2D eigenvalue weighted by atomic mass is 10.1.